The number of nitrogens with zero attached hydrogens (tertiary/aromatic N) is 1. The van der Waals surface area contributed by atoms with Crippen molar-refractivity contribution in [1.29, 1.82) is 0 Å². The summed E-state index contributed by atoms with van der Waals surface area (Å²) in [4.78, 5) is 31.9. The molecule has 2 rings (SSSR count). The molecule has 0 aliphatic carbocycles. The van der Waals surface area contributed by atoms with E-state index in [1.54, 1.807) is 18.9 Å². The van der Waals surface area contributed by atoms with E-state index in [0.717, 1.165) is 6.42 Å². The quantitative estimate of drug-likeness (QED) is 0.374. The van der Waals surface area contributed by atoms with Gasteiger partial charge < -0.3 is 13.9 Å². The smallest absolute Gasteiger partial charge is 0.338 e. The van der Waals surface area contributed by atoms with Gasteiger partial charge in [-0.25, -0.2) is 4.79 Å². The lowest BCUT2D eigenvalue weighted by Crippen LogP contribution is -2.54. The zero-order chi connectivity index (χ0) is 23.7. The van der Waals surface area contributed by atoms with Gasteiger partial charge in [-0.15, -0.1) is 0 Å². The molecule has 0 N–H and O–H groups in total. The average molecular weight is 458 g/mol. The van der Waals surface area contributed by atoms with Crippen LogP contribution in [0.3, 0.4) is 0 Å². The summed E-state index contributed by atoms with van der Waals surface area (Å²) in [6.45, 7) is 21.3. The molecule has 0 aromatic heterocycles. The summed E-state index contributed by atoms with van der Waals surface area (Å²) >= 11 is 0. The topological polar surface area (TPSA) is 74.3 Å². The van der Waals surface area contributed by atoms with Crippen molar-refractivity contribution >= 4 is 20.3 Å². The number of carbonyl (C=O) groups excluding carboxylic acids is 2. The molecular formula is C23H43NO6Si. The maximum Gasteiger partial charge on any atom is 0.338 e. The van der Waals surface area contributed by atoms with Crippen LogP contribution in [-0.4, -0.2) is 62.3 Å². The molecule has 4 atom stereocenters. The average Bonchev–Trinajstić information content (AvgIpc) is 3.16. The van der Waals surface area contributed by atoms with E-state index < -0.39 is 32.3 Å². The van der Waals surface area contributed by atoms with E-state index in [1.807, 2.05) is 13.8 Å². The maximum atomic E-state index is 13.1. The van der Waals surface area contributed by atoms with Crippen molar-refractivity contribution in [2.75, 3.05) is 6.54 Å². The van der Waals surface area contributed by atoms with Crippen LogP contribution >= 0.6 is 0 Å². The summed E-state index contributed by atoms with van der Waals surface area (Å²) in [7, 11) is -2.17. The molecule has 0 radical (unpaired) electrons. The Morgan fingerprint density at radius 1 is 0.839 bits per heavy atom. The van der Waals surface area contributed by atoms with Crippen molar-refractivity contribution in [1.82, 2.24) is 5.06 Å². The molecule has 2 saturated heterocycles. The third-order valence-electron chi connectivity index (χ3n) is 6.56. The van der Waals surface area contributed by atoms with E-state index in [2.05, 4.69) is 41.5 Å². The molecule has 180 valence electrons. The highest BCUT2D eigenvalue weighted by Crippen LogP contribution is 2.47. The fraction of sp³-hybridized carbons (Fsp3) is 0.913. The number of carbonyl (C=O) groups is 2. The molecule has 0 saturated carbocycles. The Kier molecular flexibility index (Phi) is 8.75. The first-order valence-corrected chi connectivity index (χ1v) is 14.0. The molecule has 0 unspecified atom stereocenters. The molecule has 2 aliphatic heterocycles. The number of hydrogen-bond donors (Lipinski definition) is 0. The lowest BCUT2D eigenvalue weighted by Gasteiger charge is -2.45. The molecule has 2 aliphatic rings. The lowest BCUT2D eigenvalue weighted by atomic mass is 9.92. The van der Waals surface area contributed by atoms with E-state index in [1.165, 1.54) is 0 Å². The van der Waals surface area contributed by atoms with Gasteiger partial charge in [0.1, 0.15) is 5.92 Å². The molecule has 0 aromatic rings. The molecular weight excluding hydrogens is 414 g/mol. The van der Waals surface area contributed by atoms with Crippen LogP contribution in [0.25, 0.3) is 0 Å². The third kappa shape index (κ3) is 5.34. The Morgan fingerprint density at radius 2 is 1.32 bits per heavy atom. The number of esters is 2. The van der Waals surface area contributed by atoms with Crippen LogP contribution in [0.4, 0.5) is 0 Å². The fourth-order valence-corrected chi connectivity index (χ4v) is 11.1. The summed E-state index contributed by atoms with van der Waals surface area (Å²) in [5.41, 5.74) is 1.27. The van der Waals surface area contributed by atoms with Crippen LogP contribution in [0.15, 0.2) is 0 Å². The summed E-state index contributed by atoms with van der Waals surface area (Å²) in [6.07, 6.45) is -0.982. The highest BCUT2D eigenvalue weighted by molar-refractivity contribution is 6.77. The van der Waals surface area contributed by atoms with Gasteiger partial charge in [0, 0.05) is 6.54 Å². The lowest BCUT2D eigenvalue weighted by molar-refractivity contribution is -0.190. The molecule has 2 heterocycles. The van der Waals surface area contributed by atoms with Crippen molar-refractivity contribution in [3.8, 4) is 0 Å². The Morgan fingerprint density at radius 3 is 1.77 bits per heavy atom. The number of hydrogen-bond acceptors (Lipinski definition) is 7. The summed E-state index contributed by atoms with van der Waals surface area (Å²) < 4.78 is 18.0. The minimum Gasteiger partial charge on any atom is -0.463 e. The van der Waals surface area contributed by atoms with Crippen molar-refractivity contribution in [2.24, 2.45) is 5.92 Å². The number of fused-ring (bicyclic) bond motifs is 1. The molecule has 0 aromatic carbocycles. The largest absolute Gasteiger partial charge is 0.463 e. The van der Waals surface area contributed by atoms with Crippen LogP contribution in [0, 0.1) is 5.92 Å². The SMILES string of the molecule is CC(C)OC(=O)[C@H]1[C@@H]2[C@@H](O[Si](C(C)C)(C(C)C)C(C)C)CCN2O[C@H]1C(=O)OC(C)C. The molecule has 2 fully saturated rings. The maximum absolute atomic E-state index is 13.1. The molecule has 0 amide bonds. The molecule has 7 nitrogen and oxygen atoms in total. The highest BCUT2D eigenvalue weighted by Gasteiger charge is 2.60. The fourth-order valence-electron chi connectivity index (χ4n) is 5.55. The number of hydroxylamine groups is 2. The Bertz CT molecular complexity index is 614. The van der Waals surface area contributed by atoms with E-state index in [9.17, 15) is 9.59 Å². The Hall–Kier alpha value is -0.963. The Labute approximate surface area is 189 Å². The van der Waals surface area contributed by atoms with Crippen LogP contribution in [0.5, 0.6) is 0 Å². The van der Waals surface area contributed by atoms with Crippen LogP contribution in [0.2, 0.25) is 16.6 Å². The van der Waals surface area contributed by atoms with Gasteiger partial charge in [0.15, 0.2) is 6.10 Å². The van der Waals surface area contributed by atoms with Crippen LogP contribution < -0.4 is 0 Å². The molecule has 8 heteroatoms. The normalized spacial score (nSPS) is 27.1. The summed E-state index contributed by atoms with van der Waals surface area (Å²) in [6, 6.07) is -0.348. The zero-order valence-electron chi connectivity index (χ0n) is 21.0. The third-order valence-corrected chi connectivity index (χ3v) is 12.7. The molecule has 0 spiro atoms. The highest BCUT2D eigenvalue weighted by atomic mass is 28.4. The first kappa shape index (κ1) is 26.3. The zero-order valence-corrected chi connectivity index (χ0v) is 22.0. The number of ether oxygens (including phenoxy) is 2. The predicted molar refractivity (Wildman–Crippen MR) is 122 cm³/mol. The van der Waals surface area contributed by atoms with Gasteiger partial charge in [0.25, 0.3) is 0 Å². The second kappa shape index (κ2) is 10.3. The van der Waals surface area contributed by atoms with Gasteiger partial charge in [0.05, 0.1) is 24.4 Å². The summed E-state index contributed by atoms with van der Waals surface area (Å²) in [5.74, 6) is -1.71. The monoisotopic (exact) mass is 457 g/mol. The van der Waals surface area contributed by atoms with E-state index >= 15 is 0 Å². The van der Waals surface area contributed by atoms with Crippen LogP contribution in [0.1, 0.15) is 75.7 Å². The van der Waals surface area contributed by atoms with E-state index in [4.69, 9.17) is 18.7 Å². The van der Waals surface area contributed by atoms with Crippen molar-refractivity contribution in [3.05, 3.63) is 0 Å². The van der Waals surface area contributed by atoms with Gasteiger partial charge in [-0.2, -0.15) is 5.06 Å². The second-order valence-electron chi connectivity index (χ2n) is 10.4. The van der Waals surface area contributed by atoms with Crippen molar-refractivity contribution in [3.63, 3.8) is 0 Å². The summed E-state index contributed by atoms with van der Waals surface area (Å²) in [5, 5.41) is 1.77. The first-order valence-electron chi connectivity index (χ1n) is 11.8. The van der Waals surface area contributed by atoms with Gasteiger partial charge in [0.2, 0.25) is 8.32 Å². The van der Waals surface area contributed by atoms with Gasteiger partial charge in [-0.3, -0.25) is 9.63 Å². The van der Waals surface area contributed by atoms with E-state index in [-0.39, 0.29) is 24.4 Å². The standard InChI is InChI=1S/C23H43NO6Si/c1-13(2)27-22(25)19-20-18(30-31(15(5)6,16(7)8)17(9)10)11-12-24(20)29-21(19)23(26)28-14(3)4/h13-21H,11-12H2,1-10H3/t18-,19-,20-,21+/m0/s1. The van der Waals surface area contributed by atoms with Crippen molar-refractivity contribution < 1.29 is 28.3 Å². The van der Waals surface area contributed by atoms with Crippen molar-refractivity contribution in [2.45, 2.75) is 123 Å². The van der Waals surface area contributed by atoms with E-state index in [0.29, 0.717) is 23.2 Å². The molecule has 31 heavy (non-hydrogen) atoms. The second-order valence-corrected chi connectivity index (χ2v) is 15.8. The Balaban J connectivity index is 2.39. The van der Waals surface area contributed by atoms with Gasteiger partial charge in [-0.05, 0) is 50.7 Å². The molecule has 0 bridgehead atoms. The predicted octanol–water partition coefficient (Wildman–Crippen LogP) is 4.45. The van der Waals surface area contributed by atoms with Crippen LogP contribution in [-0.2, 0) is 28.3 Å². The number of rotatable bonds is 9. The minimum atomic E-state index is -2.17. The minimum absolute atomic E-state index is 0.180. The van der Waals surface area contributed by atoms with Gasteiger partial charge in [-0.1, -0.05) is 41.5 Å². The van der Waals surface area contributed by atoms with Gasteiger partial charge >= 0.3 is 11.9 Å². The first-order chi connectivity index (χ1) is 14.3.